The van der Waals surface area contributed by atoms with Crippen LogP contribution < -0.4 is 10.6 Å². The first kappa shape index (κ1) is 14.2. The van der Waals surface area contributed by atoms with Crippen molar-refractivity contribution in [2.45, 2.75) is 39.8 Å². The van der Waals surface area contributed by atoms with Crippen molar-refractivity contribution in [2.24, 2.45) is 7.05 Å². The predicted octanol–water partition coefficient (Wildman–Crippen LogP) is 0.696. The second-order valence-electron chi connectivity index (χ2n) is 4.82. The number of aromatic nitrogens is 2. The summed E-state index contributed by atoms with van der Waals surface area (Å²) in [4.78, 5) is 23.8. The van der Waals surface area contributed by atoms with Gasteiger partial charge in [-0.25, -0.2) is 0 Å². The zero-order valence-electron chi connectivity index (χ0n) is 11.4. The molecule has 0 fully saturated rings. The molecule has 6 nitrogen and oxygen atoms in total. The molecule has 6 heteroatoms. The highest BCUT2D eigenvalue weighted by molar-refractivity contribution is 6.06. The number of amides is 2. The van der Waals surface area contributed by atoms with Crippen molar-refractivity contribution in [3.05, 3.63) is 17.5 Å². The minimum atomic E-state index is -0.334. The average molecular weight is 252 g/mol. The second kappa shape index (κ2) is 5.66. The van der Waals surface area contributed by atoms with E-state index in [0.29, 0.717) is 5.56 Å². The van der Waals surface area contributed by atoms with Gasteiger partial charge in [0.2, 0.25) is 0 Å². The van der Waals surface area contributed by atoms with Crippen molar-refractivity contribution < 1.29 is 9.59 Å². The summed E-state index contributed by atoms with van der Waals surface area (Å²) in [7, 11) is 1.68. The molecule has 0 aliphatic heterocycles. The molecular formula is C12H20N4O2. The van der Waals surface area contributed by atoms with Crippen LogP contribution in [0.3, 0.4) is 0 Å². The van der Waals surface area contributed by atoms with E-state index in [0.717, 1.165) is 0 Å². The molecule has 0 radical (unpaired) electrons. The molecule has 100 valence electrons. The summed E-state index contributed by atoms with van der Waals surface area (Å²) in [6, 6.07) is 0.0132. The van der Waals surface area contributed by atoms with Crippen LogP contribution in [0.25, 0.3) is 0 Å². The summed E-state index contributed by atoms with van der Waals surface area (Å²) in [5.41, 5.74) is 0.453. The molecule has 0 saturated carbocycles. The van der Waals surface area contributed by atoms with Crippen LogP contribution in [0, 0.1) is 0 Å². The fourth-order valence-electron chi connectivity index (χ4n) is 1.49. The average Bonchev–Trinajstić information content (AvgIpc) is 2.58. The lowest BCUT2D eigenvalue weighted by molar-refractivity contribution is 0.0905. The van der Waals surface area contributed by atoms with Crippen LogP contribution in [-0.2, 0) is 7.05 Å². The minimum absolute atomic E-state index is 0.000478. The number of nitrogens with zero attached hydrogens (tertiary/aromatic N) is 2. The summed E-state index contributed by atoms with van der Waals surface area (Å²) >= 11 is 0. The Balaban J connectivity index is 2.99. The molecule has 1 rings (SSSR count). The Morgan fingerprint density at radius 2 is 1.61 bits per heavy atom. The molecule has 0 aromatic carbocycles. The topological polar surface area (TPSA) is 76.0 Å². The standard InChI is InChI=1S/C12H20N4O2/c1-7(2)13-11(17)9-6-16(5)15-10(9)12(18)14-8(3)4/h6-8H,1-5H3,(H,13,17)(H,14,18). The quantitative estimate of drug-likeness (QED) is 0.828. The van der Waals surface area contributed by atoms with Crippen LogP contribution in [0.5, 0.6) is 0 Å². The van der Waals surface area contributed by atoms with E-state index in [1.807, 2.05) is 27.7 Å². The number of carbonyl (C=O) groups excluding carboxylic acids is 2. The molecule has 0 saturated heterocycles. The summed E-state index contributed by atoms with van der Waals surface area (Å²) in [5, 5.41) is 9.51. The van der Waals surface area contributed by atoms with Gasteiger partial charge in [0.05, 0.1) is 5.56 Å². The third-order valence-electron chi connectivity index (χ3n) is 2.13. The van der Waals surface area contributed by atoms with Crippen LogP contribution in [0.2, 0.25) is 0 Å². The van der Waals surface area contributed by atoms with Gasteiger partial charge in [0, 0.05) is 25.3 Å². The molecular weight excluding hydrogens is 232 g/mol. The number of hydrogen-bond donors (Lipinski definition) is 2. The van der Waals surface area contributed by atoms with E-state index in [9.17, 15) is 9.59 Å². The van der Waals surface area contributed by atoms with Gasteiger partial charge in [0.1, 0.15) is 0 Å². The second-order valence-corrected chi connectivity index (χ2v) is 4.82. The Bertz CT molecular complexity index is 409. The molecule has 1 heterocycles. The van der Waals surface area contributed by atoms with E-state index < -0.39 is 0 Å². The SMILES string of the molecule is CC(C)NC(=O)c1cn(C)nc1C(=O)NC(C)C. The lowest BCUT2D eigenvalue weighted by Gasteiger charge is -2.09. The number of aryl methyl sites for hydroxylation is 1. The molecule has 0 unspecified atom stereocenters. The van der Waals surface area contributed by atoms with E-state index in [-0.39, 0.29) is 29.6 Å². The van der Waals surface area contributed by atoms with Crippen molar-refractivity contribution in [1.82, 2.24) is 20.4 Å². The first-order valence-electron chi connectivity index (χ1n) is 5.96. The van der Waals surface area contributed by atoms with Gasteiger partial charge in [-0.3, -0.25) is 14.3 Å². The molecule has 2 amide bonds. The fourth-order valence-corrected chi connectivity index (χ4v) is 1.49. The maximum atomic E-state index is 11.9. The van der Waals surface area contributed by atoms with Crippen LogP contribution >= 0.6 is 0 Å². The zero-order valence-corrected chi connectivity index (χ0v) is 11.4. The van der Waals surface area contributed by atoms with Gasteiger partial charge < -0.3 is 10.6 Å². The number of nitrogens with one attached hydrogen (secondary N) is 2. The largest absolute Gasteiger partial charge is 0.350 e. The number of carbonyl (C=O) groups is 2. The summed E-state index contributed by atoms with van der Waals surface area (Å²) < 4.78 is 1.46. The highest BCUT2D eigenvalue weighted by Crippen LogP contribution is 2.07. The van der Waals surface area contributed by atoms with Crippen LogP contribution in [0.4, 0.5) is 0 Å². The first-order valence-corrected chi connectivity index (χ1v) is 5.96. The third-order valence-corrected chi connectivity index (χ3v) is 2.13. The Morgan fingerprint density at radius 3 is 2.11 bits per heavy atom. The Hall–Kier alpha value is -1.85. The predicted molar refractivity (Wildman–Crippen MR) is 68.4 cm³/mol. The van der Waals surface area contributed by atoms with Gasteiger partial charge in [-0.1, -0.05) is 0 Å². The molecule has 1 aromatic rings. The Morgan fingerprint density at radius 1 is 1.11 bits per heavy atom. The van der Waals surface area contributed by atoms with E-state index in [1.165, 1.54) is 4.68 Å². The smallest absolute Gasteiger partial charge is 0.272 e. The van der Waals surface area contributed by atoms with E-state index in [1.54, 1.807) is 13.2 Å². The van der Waals surface area contributed by atoms with Crippen molar-refractivity contribution in [3.8, 4) is 0 Å². The molecule has 0 aliphatic rings. The lowest BCUT2D eigenvalue weighted by atomic mass is 10.2. The van der Waals surface area contributed by atoms with Crippen LogP contribution in [-0.4, -0.2) is 33.7 Å². The molecule has 1 aromatic heterocycles. The summed E-state index contributed by atoms with van der Waals surface area (Å²) in [6.07, 6.45) is 1.55. The molecule has 0 aliphatic carbocycles. The lowest BCUT2D eigenvalue weighted by Crippen LogP contribution is -2.34. The van der Waals surface area contributed by atoms with Gasteiger partial charge >= 0.3 is 0 Å². The van der Waals surface area contributed by atoms with Gasteiger partial charge in [-0.15, -0.1) is 0 Å². The van der Waals surface area contributed by atoms with Gasteiger partial charge in [0.15, 0.2) is 5.69 Å². The van der Waals surface area contributed by atoms with Crippen LogP contribution in [0.1, 0.15) is 48.5 Å². The van der Waals surface area contributed by atoms with Crippen molar-refractivity contribution in [3.63, 3.8) is 0 Å². The third kappa shape index (κ3) is 3.58. The number of hydrogen-bond acceptors (Lipinski definition) is 3. The van der Waals surface area contributed by atoms with Gasteiger partial charge in [-0.2, -0.15) is 5.10 Å². The molecule has 0 atom stereocenters. The maximum Gasteiger partial charge on any atom is 0.272 e. The van der Waals surface area contributed by atoms with Crippen LogP contribution in [0.15, 0.2) is 6.20 Å². The summed E-state index contributed by atoms with van der Waals surface area (Å²) in [5.74, 6) is -0.619. The Kier molecular flexibility index (Phi) is 4.47. The number of rotatable bonds is 4. The first-order chi connectivity index (χ1) is 8.31. The maximum absolute atomic E-state index is 11.9. The minimum Gasteiger partial charge on any atom is -0.350 e. The van der Waals surface area contributed by atoms with Crippen molar-refractivity contribution in [1.29, 1.82) is 0 Å². The van der Waals surface area contributed by atoms with Gasteiger partial charge in [-0.05, 0) is 27.7 Å². The Labute approximate surface area is 107 Å². The molecule has 0 bridgehead atoms. The van der Waals surface area contributed by atoms with Gasteiger partial charge in [0.25, 0.3) is 11.8 Å². The molecule has 2 N–H and O–H groups in total. The van der Waals surface area contributed by atoms with Crippen molar-refractivity contribution >= 4 is 11.8 Å². The monoisotopic (exact) mass is 252 g/mol. The van der Waals surface area contributed by atoms with E-state index in [2.05, 4.69) is 15.7 Å². The fraction of sp³-hybridized carbons (Fsp3) is 0.583. The zero-order chi connectivity index (χ0) is 13.9. The molecule has 18 heavy (non-hydrogen) atoms. The normalized spacial score (nSPS) is 10.8. The van der Waals surface area contributed by atoms with E-state index in [4.69, 9.17) is 0 Å². The highest BCUT2D eigenvalue weighted by Gasteiger charge is 2.22. The molecule has 0 spiro atoms. The van der Waals surface area contributed by atoms with Crippen molar-refractivity contribution in [2.75, 3.05) is 0 Å². The highest BCUT2D eigenvalue weighted by atomic mass is 16.2. The summed E-state index contributed by atoms with van der Waals surface area (Å²) in [6.45, 7) is 7.44. The van der Waals surface area contributed by atoms with E-state index >= 15 is 0 Å².